The van der Waals surface area contributed by atoms with Crippen molar-refractivity contribution >= 4 is 8.60 Å². The van der Waals surface area contributed by atoms with Crippen LogP contribution in [0, 0.1) is 0 Å². The van der Waals surface area contributed by atoms with Crippen molar-refractivity contribution < 1.29 is 19.4 Å². The maximum Gasteiger partial charge on any atom is 0.327 e. The summed E-state index contributed by atoms with van der Waals surface area (Å²) in [5, 5.41) is 9.36. The highest BCUT2D eigenvalue weighted by atomic mass is 31.2. The molecule has 0 fully saturated rings. The van der Waals surface area contributed by atoms with E-state index in [4.69, 9.17) is 4.52 Å². The molecule has 0 aromatic heterocycles. The Hall–Kier alpha value is -0.510. The second-order valence-electron chi connectivity index (χ2n) is 7.63. The molecule has 0 aliphatic heterocycles. The number of hydrogen-bond acceptors (Lipinski definition) is 4. The zero-order valence-electron chi connectivity index (χ0n) is 14.4. The first-order chi connectivity index (χ1) is 9.98. The molecular weight excluding hydrogens is 299 g/mol. The van der Waals surface area contributed by atoms with Gasteiger partial charge in [0.25, 0.3) is 0 Å². The van der Waals surface area contributed by atoms with Gasteiger partial charge in [-0.05, 0) is 27.5 Å². The Bertz CT molecular complexity index is 454. The van der Waals surface area contributed by atoms with Crippen molar-refractivity contribution in [1.82, 2.24) is 0 Å². The van der Waals surface area contributed by atoms with E-state index in [9.17, 15) is 14.9 Å². The minimum absolute atomic E-state index is 0.0735. The summed E-state index contributed by atoms with van der Waals surface area (Å²) in [6.07, 6.45) is -0.202. The van der Waals surface area contributed by atoms with Gasteiger partial charge in [-0.25, -0.2) is 0 Å². The molecule has 0 radical (unpaired) electrons. The highest BCUT2D eigenvalue weighted by Crippen LogP contribution is 2.44. The molecule has 0 bridgehead atoms. The topological polar surface area (TPSA) is 69.9 Å². The predicted octanol–water partition coefficient (Wildman–Crippen LogP) is 3.93. The molecule has 0 spiro atoms. The van der Waals surface area contributed by atoms with Crippen LogP contribution in [-0.4, -0.2) is 21.5 Å². The molecule has 0 aliphatic carbocycles. The summed E-state index contributed by atoms with van der Waals surface area (Å²) in [6.45, 7) is 12.6. The average Bonchev–Trinajstić information content (AvgIpc) is 2.34. The first-order valence-electron chi connectivity index (χ1n) is 7.58. The fraction of sp³-hybridized carbons (Fsp3) is 0.647. The minimum atomic E-state index is -2.48. The summed E-state index contributed by atoms with van der Waals surface area (Å²) in [5.74, 6) is 0. The van der Waals surface area contributed by atoms with Crippen LogP contribution < -0.4 is 0 Å². The Morgan fingerprint density at radius 2 is 1.45 bits per heavy atom. The van der Waals surface area contributed by atoms with Crippen LogP contribution in [0.5, 0.6) is 0 Å². The van der Waals surface area contributed by atoms with Crippen molar-refractivity contribution in [2.75, 3.05) is 6.61 Å². The Morgan fingerprint density at radius 3 is 1.77 bits per heavy atom. The van der Waals surface area contributed by atoms with Gasteiger partial charge >= 0.3 is 8.60 Å². The van der Waals surface area contributed by atoms with Crippen molar-refractivity contribution in [3.63, 3.8) is 0 Å². The van der Waals surface area contributed by atoms with Gasteiger partial charge in [-0.15, -0.1) is 0 Å². The third-order valence-corrected chi connectivity index (χ3v) is 4.10. The zero-order chi connectivity index (χ0) is 17.1. The lowest BCUT2D eigenvalue weighted by Crippen LogP contribution is -2.24. The first kappa shape index (κ1) is 19.5. The molecule has 1 aromatic carbocycles. The number of rotatable bonds is 5. The maximum absolute atomic E-state index is 9.36. The lowest BCUT2D eigenvalue weighted by molar-refractivity contribution is 0.133. The standard InChI is InChI=1S/C17H29O4P/c1-16(2,3)12-8-7-9-13(17(4,5)6)15(12)14(10-11-18)21-22(19)20/h7-9,14,18-20H,10-11H2,1-6H3. The van der Waals surface area contributed by atoms with Crippen molar-refractivity contribution in [2.24, 2.45) is 0 Å². The number of benzene rings is 1. The fourth-order valence-corrected chi connectivity index (χ4v) is 3.14. The van der Waals surface area contributed by atoms with Crippen LogP contribution >= 0.6 is 8.60 Å². The van der Waals surface area contributed by atoms with Gasteiger partial charge in [0.1, 0.15) is 0 Å². The Kier molecular flexibility index (Phi) is 6.55. The van der Waals surface area contributed by atoms with Crippen molar-refractivity contribution in [1.29, 1.82) is 0 Å². The fourth-order valence-electron chi connectivity index (χ4n) is 2.70. The van der Waals surface area contributed by atoms with Crippen molar-refractivity contribution in [3.05, 3.63) is 34.9 Å². The monoisotopic (exact) mass is 328 g/mol. The summed E-state index contributed by atoms with van der Waals surface area (Å²) in [6, 6.07) is 6.13. The Balaban J connectivity index is 3.56. The molecule has 0 heterocycles. The summed E-state index contributed by atoms with van der Waals surface area (Å²) in [7, 11) is -2.48. The van der Waals surface area contributed by atoms with Gasteiger partial charge in [-0.2, -0.15) is 0 Å². The van der Waals surface area contributed by atoms with Gasteiger partial charge in [-0.1, -0.05) is 59.7 Å². The van der Waals surface area contributed by atoms with Crippen LogP contribution in [0.3, 0.4) is 0 Å². The van der Waals surface area contributed by atoms with E-state index in [1.54, 1.807) is 0 Å². The van der Waals surface area contributed by atoms with Gasteiger partial charge in [0, 0.05) is 13.0 Å². The van der Waals surface area contributed by atoms with E-state index in [1.807, 2.05) is 6.07 Å². The summed E-state index contributed by atoms with van der Waals surface area (Å²) < 4.78 is 5.36. The minimum Gasteiger partial charge on any atom is -0.396 e. The average molecular weight is 328 g/mol. The molecule has 1 unspecified atom stereocenters. The SMILES string of the molecule is CC(C)(C)c1cccc(C(C)(C)C)c1C(CCO)OP(O)O. The van der Waals surface area contributed by atoms with Gasteiger partial charge in [-0.3, -0.25) is 0 Å². The third kappa shape index (κ3) is 5.00. The summed E-state index contributed by atoms with van der Waals surface area (Å²) in [5.41, 5.74) is 2.96. The molecule has 0 saturated carbocycles. The normalized spacial score (nSPS) is 14.5. The Labute approximate surface area is 135 Å². The van der Waals surface area contributed by atoms with E-state index in [2.05, 4.69) is 53.7 Å². The molecule has 4 nitrogen and oxygen atoms in total. The molecule has 0 saturated heterocycles. The molecule has 1 atom stereocenters. The van der Waals surface area contributed by atoms with Crippen LogP contribution in [0.1, 0.15) is 70.8 Å². The van der Waals surface area contributed by atoms with E-state index >= 15 is 0 Å². The predicted molar refractivity (Wildman–Crippen MR) is 90.7 cm³/mol. The van der Waals surface area contributed by atoms with Crippen LogP contribution in [-0.2, 0) is 15.4 Å². The maximum atomic E-state index is 9.36. The molecular formula is C17H29O4P. The largest absolute Gasteiger partial charge is 0.396 e. The van der Waals surface area contributed by atoms with E-state index < -0.39 is 14.7 Å². The molecule has 1 rings (SSSR count). The number of hydrogen-bond donors (Lipinski definition) is 3. The van der Waals surface area contributed by atoms with Crippen molar-refractivity contribution in [2.45, 2.75) is 64.9 Å². The third-order valence-electron chi connectivity index (χ3n) is 3.66. The number of aliphatic hydroxyl groups excluding tert-OH is 1. The van der Waals surface area contributed by atoms with Crippen LogP contribution in [0.4, 0.5) is 0 Å². The lowest BCUT2D eigenvalue weighted by Gasteiger charge is -2.33. The molecule has 3 N–H and O–H groups in total. The molecule has 1 aromatic rings. The quantitative estimate of drug-likeness (QED) is 0.716. The van der Waals surface area contributed by atoms with E-state index in [0.29, 0.717) is 6.42 Å². The van der Waals surface area contributed by atoms with Gasteiger partial charge in [0.2, 0.25) is 0 Å². The molecule has 0 amide bonds. The molecule has 0 aliphatic rings. The van der Waals surface area contributed by atoms with E-state index in [-0.39, 0.29) is 17.4 Å². The van der Waals surface area contributed by atoms with Gasteiger partial charge < -0.3 is 19.4 Å². The molecule has 5 heteroatoms. The molecule has 126 valence electrons. The molecule has 22 heavy (non-hydrogen) atoms. The summed E-state index contributed by atoms with van der Waals surface area (Å²) >= 11 is 0. The first-order valence-corrected chi connectivity index (χ1v) is 8.74. The smallest absolute Gasteiger partial charge is 0.327 e. The second kappa shape index (κ2) is 7.37. The van der Waals surface area contributed by atoms with Gasteiger partial charge in [0.05, 0.1) is 6.10 Å². The lowest BCUT2D eigenvalue weighted by atomic mass is 9.74. The van der Waals surface area contributed by atoms with E-state index in [0.717, 1.165) is 16.7 Å². The van der Waals surface area contributed by atoms with Crippen LogP contribution in [0.15, 0.2) is 18.2 Å². The van der Waals surface area contributed by atoms with Crippen LogP contribution in [0.2, 0.25) is 0 Å². The highest BCUT2D eigenvalue weighted by molar-refractivity contribution is 7.39. The van der Waals surface area contributed by atoms with Crippen molar-refractivity contribution in [3.8, 4) is 0 Å². The summed E-state index contributed by atoms with van der Waals surface area (Å²) in [4.78, 5) is 18.6. The highest BCUT2D eigenvalue weighted by Gasteiger charge is 2.31. The zero-order valence-corrected chi connectivity index (χ0v) is 15.3. The van der Waals surface area contributed by atoms with Crippen LogP contribution in [0.25, 0.3) is 0 Å². The second-order valence-corrected chi connectivity index (χ2v) is 8.34. The van der Waals surface area contributed by atoms with E-state index in [1.165, 1.54) is 0 Å². The number of aliphatic hydroxyl groups is 1. The van der Waals surface area contributed by atoms with Gasteiger partial charge in [0.15, 0.2) is 0 Å². The Morgan fingerprint density at radius 1 is 1.00 bits per heavy atom.